The highest BCUT2D eigenvalue weighted by molar-refractivity contribution is 5.90. The van der Waals surface area contributed by atoms with Gasteiger partial charge in [-0.25, -0.2) is 9.18 Å². The summed E-state index contributed by atoms with van der Waals surface area (Å²) in [5.41, 5.74) is 7.71. The Bertz CT molecular complexity index is 942. The zero-order valence-electron chi connectivity index (χ0n) is 13.3. The molecule has 0 saturated carbocycles. The number of fused-ring (bicyclic) bond motifs is 1. The summed E-state index contributed by atoms with van der Waals surface area (Å²) in [6.45, 7) is 0.803. The molecule has 1 atom stereocenters. The Morgan fingerprint density at radius 2 is 2.16 bits per heavy atom. The van der Waals surface area contributed by atoms with E-state index in [-0.39, 0.29) is 6.10 Å². The van der Waals surface area contributed by atoms with Gasteiger partial charge >= 0.3 is 6.09 Å². The second-order valence-corrected chi connectivity index (χ2v) is 5.81. The molecule has 1 aliphatic heterocycles. The molecule has 3 aromatic rings. The molecule has 25 heavy (non-hydrogen) atoms. The summed E-state index contributed by atoms with van der Waals surface area (Å²) in [7, 11) is 0. The third kappa shape index (κ3) is 2.70. The average Bonchev–Trinajstić information content (AvgIpc) is 3.19. The summed E-state index contributed by atoms with van der Waals surface area (Å²) in [6, 6.07) is 8.26. The molecule has 1 aromatic carbocycles. The van der Waals surface area contributed by atoms with Crippen LogP contribution in [0.2, 0.25) is 0 Å². The summed E-state index contributed by atoms with van der Waals surface area (Å²) < 4.78 is 21.4. The van der Waals surface area contributed by atoms with Crippen LogP contribution >= 0.6 is 0 Å². The van der Waals surface area contributed by atoms with Crippen LogP contribution in [0, 0.1) is 5.82 Å². The van der Waals surface area contributed by atoms with E-state index in [2.05, 4.69) is 10.2 Å². The number of carbonyl (C=O) groups excluding carboxylic acids is 1. The van der Waals surface area contributed by atoms with Gasteiger partial charge in [0.25, 0.3) is 0 Å². The summed E-state index contributed by atoms with van der Waals surface area (Å²) in [5, 5.41) is 8.20. The van der Waals surface area contributed by atoms with Crippen molar-refractivity contribution in [3.8, 4) is 11.1 Å². The number of cyclic esters (lactones) is 1. The van der Waals surface area contributed by atoms with Crippen molar-refractivity contribution in [3.05, 3.63) is 48.5 Å². The lowest BCUT2D eigenvalue weighted by molar-refractivity contribution is 0.138. The number of amides is 1. The van der Waals surface area contributed by atoms with Gasteiger partial charge < -0.3 is 10.5 Å². The lowest BCUT2D eigenvalue weighted by Crippen LogP contribution is -2.25. The molecule has 1 fully saturated rings. The van der Waals surface area contributed by atoms with E-state index in [4.69, 9.17) is 10.5 Å². The van der Waals surface area contributed by atoms with Crippen LogP contribution in [0.5, 0.6) is 0 Å². The number of aromatic nitrogens is 3. The van der Waals surface area contributed by atoms with Crippen molar-refractivity contribution in [3.63, 3.8) is 0 Å². The fourth-order valence-corrected chi connectivity index (χ4v) is 3.00. The normalized spacial score (nSPS) is 17.3. The summed E-state index contributed by atoms with van der Waals surface area (Å²) in [6.07, 6.45) is 3.02. The second-order valence-electron chi connectivity index (χ2n) is 5.81. The molecule has 7 nitrogen and oxygen atoms in total. The number of benzene rings is 1. The predicted octanol–water partition coefficient (Wildman–Crippen LogP) is 2.21. The number of halogens is 1. The molecule has 1 aliphatic rings. The first-order valence-electron chi connectivity index (χ1n) is 7.94. The Labute approximate surface area is 142 Å². The summed E-state index contributed by atoms with van der Waals surface area (Å²) >= 11 is 0. The van der Waals surface area contributed by atoms with Crippen LogP contribution in [0.1, 0.15) is 6.42 Å². The van der Waals surface area contributed by atoms with Crippen molar-refractivity contribution in [1.29, 1.82) is 0 Å². The zero-order valence-corrected chi connectivity index (χ0v) is 13.3. The Balaban J connectivity index is 1.67. The van der Waals surface area contributed by atoms with Crippen LogP contribution < -0.4 is 10.6 Å². The zero-order chi connectivity index (χ0) is 17.4. The van der Waals surface area contributed by atoms with Crippen molar-refractivity contribution >= 4 is 17.3 Å². The number of nitrogens with two attached hydrogens (primary N) is 1. The van der Waals surface area contributed by atoms with E-state index >= 15 is 0 Å². The SMILES string of the molecule is NCC[C@H]1CN(c2ccc(-c3cnn4ncccc34)c(F)c2)C(=O)O1. The molecule has 3 heterocycles. The highest BCUT2D eigenvalue weighted by atomic mass is 19.1. The van der Waals surface area contributed by atoms with E-state index in [0.29, 0.717) is 41.8 Å². The smallest absolute Gasteiger partial charge is 0.414 e. The van der Waals surface area contributed by atoms with Crippen molar-refractivity contribution in [2.45, 2.75) is 12.5 Å². The van der Waals surface area contributed by atoms with Gasteiger partial charge in [0.05, 0.1) is 23.9 Å². The fraction of sp³-hybridized carbons (Fsp3) is 0.235. The molecule has 0 bridgehead atoms. The Morgan fingerprint density at radius 1 is 1.28 bits per heavy atom. The first kappa shape index (κ1) is 15.5. The number of ether oxygens (including phenoxy) is 1. The van der Waals surface area contributed by atoms with Gasteiger partial charge in [0.2, 0.25) is 0 Å². The molecule has 0 spiro atoms. The lowest BCUT2D eigenvalue weighted by atomic mass is 10.1. The van der Waals surface area contributed by atoms with Gasteiger partial charge in [-0.3, -0.25) is 4.90 Å². The Kier molecular flexibility index (Phi) is 3.81. The minimum atomic E-state index is -0.481. The molecule has 2 aromatic heterocycles. The minimum absolute atomic E-state index is 0.258. The lowest BCUT2D eigenvalue weighted by Gasteiger charge is -2.14. The standard InChI is InChI=1S/C17H16FN5O2/c18-15-8-11(22-10-12(5-6-19)25-17(22)24)3-4-13(15)14-9-21-23-16(14)2-1-7-20-23/h1-4,7-9,12H,5-6,10,19H2/t12-/m0/s1. The number of carbonyl (C=O) groups is 1. The van der Waals surface area contributed by atoms with Crippen molar-refractivity contribution in [1.82, 2.24) is 14.8 Å². The van der Waals surface area contributed by atoms with E-state index in [0.717, 1.165) is 0 Å². The molecule has 0 radical (unpaired) electrons. The van der Waals surface area contributed by atoms with E-state index in [1.165, 1.54) is 15.6 Å². The van der Waals surface area contributed by atoms with E-state index in [1.54, 1.807) is 30.6 Å². The van der Waals surface area contributed by atoms with Crippen molar-refractivity contribution < 1.29 is 13.9 Å². The van der Waals surface area contributed by atoms with Gasteiger partial charge in [0.1, 0.15) is 11.9 Å². The highest BCUT2D eigenvalue weighted by Gasteiger charge is 2.32. The quantitative estimate of drug-likeness (QED) is 0.786. The third-order valence-corrected chi connectivity index (χ3v) is 4.22. The van der Waals surface area contributed by atoms with E-state index in [9.17, 15) is 9.18 Å². The van der Waals surface area contributed by atoms with Crippen LogP contribution in [0.4, 0.5) is 14.9 Å². The van der Waals surface area contributed by atoms with E-state index < -0.39 is 11.9 Å². The minimum Gasteiger partial charge on any atom is -0.444 e. The predicted molar refractivity (Wildman–Crippen MR) is 89.7 cm³/mol. The second kappa shape index (κ2) is 6.14. The van der Waals surface area contributed by atoms with Gasteiger partial charge in [0, 0.05) is 17.3 Å². The fourth-order valence-electron chi connectivity index (χ4n) is 3.00. The van der Waals surface area contributed by atoms with Gasteiger partial charge in [0.15, 0.2) is 0 Å². The van der Waals surface area contributed by atoms with Crippen LogP contribution in [0.3, 0.4) is 0 Å². The summed E-state index contributed by atoms with van der Waals surface area (Å²) in [4.78, 5) is 13.4. The first-order chi connectivity index (χ1) is 12.2. The molecule has 2 N–H and O–H groups in total. The molecule has 0 aliphatic carbocycles. The van der Waals surface area contributed by atoms with Gasteiger partial charge in [-0.05, 0) is 43.3 Å². The Morgan fingerprint density at radius 3 is 2.96 bits per heavy atom. The maximum atomic E-state index is 14.7. The van der Waals surface area contributed by atoms with Crippen molar-refractivity contribution in [2.75, 3.05) is 18.0 Å². The number of rotatable bonds is 4. The summed E-state index contributed by atoms with van der Waals surface area (Å²) in [5.74, 6) is -0.439. The number of hydrogen-bond donors (Lipinski definition) is 1. The van der Waals surface area contributed by atoms with Crippen molar-refractivity contribution in [2.24, 2.45) is 5.73 Å². The topological polar surface area (TPSA) is 85.8 Å². The molecule has 1 amide bonds. The number of hydrogen-bond acceptors (Lipinski definition) is 5. The highest BCUT2D eigenvalue weighted by Crippen LogP contribution is 2.31. The molecular formula is C17H16FN5O2. The van der Waals surface area contributed by atoms with Crippen LogP contribution in [0.25, 0.3) is 16.6 Å². The Hall–Kier alpha value is -3.00. The van der Waals surface area contributed by atoms with Crippen LogP contribution in [-0.2, 0) is 4.74 Å². The number of anilines is 1. The third-order valence-electron chi connectivity index (χ3n) is 4.22. The van der Waals surface area contributed by atoms with Gasteiger partial charge in [-0.2, -0.15) is 14.8 Å². The maximum Gasteiger partial charge on any atom is 0.414 e. The molecule has 128 valence electrons. The molecule has 4 rings (SSSR count). The number of nitrogens with zero attached hydrogens (tertiary/aromatic N) is 4. The molecular weight excluding hydrogens is 325 g/mol. The molecule has 1 saturated heterocycles. The van der Waals surface area contributed by atoms with Crippen LogP contribution in [-0.4, -0.2) is 40.1 Å². The molecule has 0 unspecified atom stereocenters. The molecule has 8 heteroatoms. The first-order valence-corrected chi connectivity index (χ1v) is 7.94. The average molecular weight is 341 g/mol. The largest absolute Gasteiger partial charge is 0.444 e. The van der Waals surface area contributed by atoms with Gasteiger partial charge in [-0.15, -0.1) is 0 Å². The monoisotopic (exact) mass is 341 g/mol. The van der Waals surface area contributed by atoms with Gasteiger partial charge in [-0.1, -0.05) is 0 Å². The van der Waals surface area contributed by atoms with E-state index in [1.807, 2.05) is 6.07 Å². The maximum absolute atomic E-state index is 14.7. The van der Waals surface area contributed by atoms with Crippen LogP contribution in [0.15, 0.2) is 42.7 Å².